The molecule has 1 saturated heterocycles. The number of rotatable bonds is 6. The van der Waals surface area contributed by atoms with E-state index in [1.807, 2.05) is 0 Å². The van der Waals surface area contributed by atoms with Crippen molar-refractivity contribution in [3.8, 4) is 0 Å². The molecule has 0 N–H and O–H groups in total. The molecule has 2 atom stereocenters. The summed E-state index contributed by atoms with van der Waals surface area (Å²) in [5.74, 6) is -0.921. The zero-order valence-corrected chi connectivity index (χ0v) is 16.8. The van der Waals surface area contributed by atoms with E-state index in [2.05, 4.69) is 4.98 Å². The molecule has 0 aliphatic carbocycles. The van der Waals surface area contributed by atoms with Gasteiger partial charge in [0.05, 0.1) is 43.3 Å². The van der Waals surface area contributed by atoms with E-state index in [1.165, 1.54) is 26.4 Å². The van der Waals surface area contributed by atoms with Crippen molar-refractivity contribution in [2.75, 3.05) is 20.8 Å². The van der Waals surface area contributed by atoms with Crippen LogP contribution in [0.3, 0.4) is 0 Å². The van der Waals surface area contributed by atoms with Gasteiger partial charge in [0, 0.05) is 6.61 Å². The maximum atomic E-state index is 13.1. The lowest BCUT2D eigenvalue weighted by Gasteiger charge is -2.18. The normalized spacial score (nSPS) is 17.5. The summed E-state index contributed by atoms with van der Waals surface area (Å²) in [5, 5.41) is 0.225. The monoisotopic (exact) mass is 406 g/mol. The number of benzene rings is 1. The molecule has 1 fully saturated rings. The van der Waals surface area contributed by atoms with Crippen LogP contribution in [0.5, 0.6) is 0 Å². The fourth-order valence-corrected chi connectivity index (χ4v) is 4.01. The zero-order chi connectivity index (χ0) is 20.3. The quantitative estimate of drug-likeness (QED) is 0.408. The molecule has 9 heteroatoms. The van der Waals surface area contributed by atoms with Gasteiger partial charge >= 0.3 is 11.9 Å². The largest absolute Gasteiger partial charge is 0.468 e. The van der Waals surface area contributed by atoms with E-state index >= 15 is 0 Å². The second kappa shape index (κ2) is 8.74. The molecule has 8 nitrogen and oxygen atoms in total. The van der Waals surface area contributed by atoms with Crippen LogP contribution in [0.15, 0.2) is 28.2 Å². The Hall–Kier alpha value is -2.39. The Morgan fingerprint density at radius 1 is 1.36 bits per heavy atom. The SMILES string of the molecule is COC(=O)c1ccc2c(=O)n(C[C@H]3CCCO3)c(S[C@H](C)C(=O)OC)nc2c1. The standard InChI is InChI=1S/C19H22N2O6S/c1-11(17(23)25-2)28-19-20-15-9-12(18(24)26-3)6-7-14(15)16(22)21(19)10-13-5-4-8-27-13/h6-7,9,11,13H,4-5,8,10H2,1-3H3/t11-,13-/m1/s1. The maximum absolute atomic E-state index is 13.1. The van der Waals surface area contributed by atoms with Crippen molar-refractivity contribution in [2.24, 2.45) is 0 Å². The topological polar surface area (TPSA) is 96.7 Å². The Morgan fingerprint density at radius 2 is 2.14 bits per heavy atom. The number of esters is 2. The van der Waals surface area contributed by atoms with Gasteiger partial charge in [-0.05, 0) is 38.0 Å². The summed E-state index contributed by atoms with van der Waals surface area (Å²) in [5.41, 5.74) is 0.434. The molecular weight excluding hydrogens is 384 g/mol. The van der Waals surface area contributed by atoms with Gasteiger partial charge in [0.25, 0.3) is 5.56 Å². The Bertz CT molecular complexity index is 951. The summed E-state index contributed by atoms with van der Waals surface area (Å²) >= 11 is 1.14. The van der Waals surface area contributed by atoms with Crippen molar-refractivity contribution >= 4 is 34.6 Å². The molecule has 1 aliphatic rings. The first-order valence-corrected chi connectivity index (χ1v) is 9.81. The Morgan fingerprint density at radius 3 is 2.79 bits per heavy atom. The van der Waals surface area contributed by atoms with E-state index in [0.29, 0.717) is 34.8 Å². The van der Waals surface area contributed by atoms with E-state index in [1.54, 1.807) is 17.6 Å². The third kappa shape index (κ3) is 4.20. The molecule has 0 spiro atoms. The Balaban J connectivity index is 2.09. The smallest absolute Gasteiger partial charge is 0.337 e. The van der Waals surface area contributed by atoms with Gasteiger partial charge in [0.1, 0.15) is 5.25 Å². The van der Waals surface area contributed by atoms with Crippen LogP contribution < -0.4 is 5.56 Å². The minimum atomic E-state index is -0.547. The highest BCUT2D eigenvalue weighted by molar-refractivity contribution is 8.00. The van der Waals surface area contributed by atoms with Crippen LogP contribution in [0.4, 0.5) is 0 Å². The van der Waals surface area contributed by atoms with Crippen LogP contribution in [0.1, 0.15) is 30.1 Å². The lowest BCUT2D eigenvalue weighted by Crippen LogP contribution is -2.30. The predicted octanol–water partition coefficient (Wildman–Crippen LogP) is 2.02. The molecule has 28 heavy (non-hydrogen) atoms. The third-order valence-electron chi connectivity index (χ3n) is 4.57. The molecule has 1 aromatic carbocycles. The summed E-state index contributed by atoms with van der Waals surface area (Å²) in [7, 11) is 2.61. The average Bonchev–Trinajstić information content (AvgIpc) is 3.22. The number of hydrogen-bond acceptors (Lipinski definition) is 8. The second-order valence-corrected chi connectivity index (χ2v) is 7.76. The molecule has 0 bridgehead atoms. The van der Waals surface area contributed by atoms with E-state index < -0.39 is 17.2 Å². The number of ether oxygens (including phenoxy) is 3. The van der Waals surface area contributed by atoms with Crippen molar-refractivity contribution in [2.45, 2.75) is 42.8 Å². The molecule has 0 unspecified atom stereocenters. The molecule has 2 aromatic rings. The van der Waals surface area contributed by atoms with E-state index in [0.717, 1.165) is 24.6 Å². The molecule has 2 heterocycles. The van der Waals surface area contributed by atoms with Crippen LogP contribution in [-0.4, -0.2) is 53.7 Å². The number of aromatic nitrogens is 2. The van der Waals surface area contributed by atoms with Gasteiger partial charge in [0.2, 0.25) is 0 Å². The fourth-order valence-electron chi connectivity index (χ4n) is 3.06. The van der Waals surface area contributed by atoms with E-state index in [9.17, 15) is 14.4 Å². The first kappa shape index (κ1) is 20.3. The van der Waals surface area contributed by atoms with Gasteiger partial charge in [-0.25, -0.2) is 9.78 Å². The number of carbonyl (C=O) groups is 2. The minimum Gasteiger partial charge on any atom is -0.468 e. The number of fused-ring (bicyclic) bond motifs is 1. The van der Waals surface area contributed by atoms with Gasteiger partial charge in [0.15, 0.2) is 5.16 Å². The van der Waals surface area contributed by atoms with Crippen LogP contribution in [0.25, 0.3) is 10.9 Å². The number of hydrogen-bond donors (Lipinski definition) is 0. The van der Waals surface area contributed by atoms with Crippen LogP contribution in [0, 0.1) is 0 Å². The first-order valence-electron chi connectivity index (χ1n) is 8.93. The lowest BCUT2D eigenvalue weighted by molar-refractivity contribution is -0.139. The molecule has 1 aromatic heterocycles. The molecule has 0 radical (unpaired) electrons. The van der Waals surface area contributed by atoms with Crippen LogP contribution >= 0.6 is 11.8 Å². The summed E-state index contributed by atoms with van der Waals surface area (Å²) in [4.78, 5) is 41.4. The number of carbonyl (C=O) groups excluding carboxylic acids is 2. The van der Waals surface area contributed by atoms with Gasteiger partial charge in [-0.2, -0.15) is 0 Å². The number of nitrogens with zero attached hydrogens (tertiary/aromatic N) is 2. The maximum Gasteiger partial charge on any atom is 0.337 e. The highest BCUT2D eigenvalue weighted by Crippen LogP contribution is 2.25. The summed E-state index contributed by atoms with van der Waals surface area (Å²) in [6.07, 6.45) is 1.74. The van der Waals surface area contributed by atoms with Crippen LogP contribution in [0.2, 0.25) is 0 Å². The molecular formula is C19H22N2O6S. The van der Waals surface area contributed by atoms with Crippen molar-refractivity contribution in [1.29, 1.82) is 0 Å². The zero-order valence-electron chi connectivity index (χ0n) is 16.0. The van der Waals surface area contributed by atoms with Gasteiger partial charge in [-0.3, -0.25) is 14.2 Å². The first-order chi connectivity index (χ1) is 13.4. The van der Waals surface area contributed by atoms with Gasteiger partial charge < -0.3 is 14.2 Å². The van der Waals surface area contributed by atoms with E-state index in [4.69, 9.17) is 14.2 Å². The second-order valence-electron chi connectivity index (χ2n) is 6.45. The number of thioether (sulfide) groups is 1. The predicted molar refractivity (Wildman–Crippen MR) is 104 cm³/mol. The van der Waals surface area contributed by atoms with Gasteiger partial charge in [-0.15, -0.1) is 0 Å². The Kier molecular flexibility index (Phi) is 6.35. The van der Waals surface area contributed by atoms with Gasteiger partial charge in [-0.1, -0.05) is 11.8 Å². The van der Waals surface area contributed by atoms with E-state index in [-0.39, 0.29) is 11.7 Å². The molecule has 3 rings (SSSR count). The molecule has 0 saturated carbocycles. The minimum absolute atomic E-state index is 0.0703. The van der Waals surface area contributed by atoms with Crippen molar-refractivity contribution in [1.82, 2.24) is 9.55 Å². The highest BCUT2D eigenvalue weighted by Gasteiger charge is 2.24. The molecule has 1 aliphatic heterocycles. The Labute approximate surface area is 166 Å². The van der Waals surface area contributed by atoms with Crippen LogP contribution in [-0.2, 0) is 25.5 Å². The summed E-state index contributed by atoms with van der Waals surface area (Å²) in [6, 6.07) is 4.63. The van der Waals surface area contributed by atoms with Crippen molar-refractivity contribution < 1.29 is 23.8 Å². The molecule has 150 valence electrons. The average molecular weight is 406 g/mol. The van der Waals surface area contributed by atoms with Crippen molar-refractivity contribution in [3.63, 3.8) is 0 Å². The summed E-state index contributed by atoms with van der Waals surface area (Å²) in [6.45, 7) is 2.72. The third-order valence-corrected chi connectivity index (χ3v) is 5.64. The summed E-state index contributed by atoms with van der Waals surface area (Å²) < 4.78 is 16.7. The lowest BCUT2D eigenvalue weighted by atomic mass is 10.1. The van der Waals surface area contributed by atoms with Crippen molar-refractivity contribution in [3.05, 3.63) is 34.1 Å². The number of methoxy groups -OCH3 is 2. The molecule has 0 amide bonds. The highest BCUT2D eigenvalue weighted by atomic mass is 32.2. The fraction of sp³-hybridized carbons (Fsp3) is 0.474.